The van der Waals surface area contributed by atoms with Gasteiger partial charge in [-0.2, -0.15) is 0 Å². The summed E-state index contributed by atoms with van der Waals surface area (Å²) in [7, 11) is 0. The third-order valence-electron chi connectivity index (χ3n) is 9.65. The Hall–Kier alpha value is -4.70. The molecule has 0 unspecified atom stereocenters. The molecule has 9 rings (SSSR count). The highest BCUT2D eigenvalue weighted by Gasteiger charge is 2.48. The van der Waals surface area contributed by atoms with Gasteiger partial charge in [0.15, 0.2) is 0 Å². The molecule has 0 spiro atoms. The zero-order valence-corrected chi connectivity index (χ0v) is 27.6. The lowest BCUT2D eigenvalue weighted by Crippen LogP contribution is -2.28. The average Bonchev–Trinajstić information content (AvgIpc) is 3.63. The molecule has 0 amide bonds. The standard InChI is InChI=1S/C43H30BrNS/c44-32-22-24-33(25-23-32)45(39-20-11-13-29-12-7-8-18-35(29)39)34-26-27-36-38(28-34)43(30-14-3-1-4-15-30,31-16-5-2-6-17-31)42-41(36)37-19-9-10-21-40(37)46-42/h1-6,8-11,13-28H,7,12H2. The van der Waals surface area contributed by atoms with Crippen molar-refractivity contribution in [3.63, 3.8) is 0 Å². The molecule has 0 bridgehead atoms. The van der Waals surface area contributed by atoms with Gasteiger partial charge in [-0.05, 0) is 89.2 Å². The van der Waals surface area contributed by atoms with E-state index in [9.17, 15) is 0 Å². The van der Waals surface area contributed by atoms with Crippen LogP contribution in [-0.2, 0) is 11.8 Å². The predicted octanol–water partition coefficient (Wildman–Crippen LogP) is 12.5. The molecule has 2 aliphatic carbocycles. The number of benzene rings is 6. The van der Waals surface area contributed by atoms with Crippen molar-refractivity contribution in [3.8, 4) is 11.1 Å². The highest BCUT2D eigenvalue weighted by molar-refractivity contribution is 9.10. The van der Waals surface area contributed by atoms with Crippen LogP contribution in [0.25, 0.3) is 27.3 Å². The maximum absolute atomic E-state index is 3.68. The molecule has 0 atom stereocenters. The average molecular weight is 673 g/mol. The minimum atomic E-state index is -0.450. The Labute approximate surface area is 282 Å². The van der Waals surface area contributed by atoms with Crippen LogP contribution in [0.5, 0.6) is 0 Å². The highest BCUT2D eigenvalue weighted by Crippen LogP contribution is 2.61. The van der Waals surface area contributed by atoms with E-state index >= 15 is 0 Å². The van der Waals surface area contributed by atoms with Gasteiger partial charge >= 0.3 is 0 Å². The molecule has 6 aromatic carbocycles. The van der Waals surface area contributed by atoms with Crippen LogP contribution in [0.15, 0.2) is 156 Å². The fourth-order valence-corrected chi connectivity index (χ4v) is 9.41. The second-order valence-corrected chi connectivity index (χ2v) is 14.1. The van der Waals surface area contributed by atoms with Gasteiger partial charge in [0.05, 0.1) is 11.1 Å². The lowest BCUT2D eigenvalue weighted by molar-refractivity contribution is 0.785. The number of thiophene rings is 1. The highest BCUT2D eigenvalue weighted by atomic mass is 79.9. The SMILES string of the molecule is Brc1ccc(N(c2ccc3c(c2)C(c2ccccc2)(c2ccccc2)c2sc4ccccc4c2-3)c2cccc3c2C=CCC3)cc1. The van der Waals surface area contributed by atoms with Crippen LogP contribution in [0.2, 0.25) is 0 Å². The number of fused-ring (bicyclic) bond motifs is 6. The molecule has 2 aliphatic rings. The van der Waals surface area contributed by atoms with E-state index in [2.05, 4.69) is 179 Å². The first-order chi connectivity index (χ1) is 22.7. The molecule has 0 saturated heterocycles. The Morgan fingerprint density at radius 1 is 0.652 bits per heavy atom. The number of allylic oxidation sites excluding steroid dienone is 1. The lowest BCUT2D eigenvalue weighted by Gasteiger charge is -2.34. The summed E-state index contributed by atoms with van der Waals surface area (Å²) < 4.78 is 2.40. The van der Waals surface area contributed by atoms with Crippen molar-refractivity contribution in [3.05, 3.63) is 189 Å². The minimum absolute atomic E-state index is 0.450. The Bertz CT molecular complexity index is 2230. The molecule has 7 aromatic rings. The first-order valence-corrected chi connectivity index (χ1v) is 17.5. The Kier molecular flexibility index (Phi) is 6.59. The molecule has 0 aliphatic heterocycles. The van der Waals surface area contributed by atoms with Gasteiger partial charge in [-0.25, -0.2) is 0 Å². The summed E-state index contributed by atoms with van der Waals surface area (Å²) >= 11 is 5.62. The van der Waals surface area contributed by atoms with E-state index in [0.29, 0.717) is 0 Å². The lowest BCUT2D eigenvalue weighted by atomic mass is 9.70. The van der Waals surface area contributed by atoms with Crippen LogP contribution in [0.3, 0.4) is 0 Å². The van der Waals surface area contributed by atoms with E-state index in [-0.39, 0.29) is 0 Å². The van der Waals surface area contributed by atoms with E-state index < -0.39 is 5.41 Å². The second kappa shape index (κ2) is 11.0. The molecule has 0 N–H and O–H groups in total. The molecule has 3 heteroatoms. The van der Waals surface area contributed by atoms with Gasteiger partial charge in [0.25, 0.3) is 0 Å². The van der Waals surface area contributed by atoms with Crippen molar-refractivity contribution in [2.24, 2.45) is 0 Å². The van der Waals surface area contributed by atoms with E-state index in [1.54, 1.807) is 0 Å². The number of aryl methyl sites for hydroxylation is 1. The molecule has 46 heavy (non-hydrogen) atoms. The van der Waals surface area contributed by atoms with Crippen molar-refractivity contribution in [2.75, 3.05) is 4.90 Å². The van der Waals surface area contributed by atoms with Gasteiger partial charge < -0.3 is 4.90 Å². The third-order valence-corrected chi connectivity index (χ3v) is 11.5. The van der Waals surface area contributed by atoms with Gasteiger partial charge in [-0.3, -0.25) is 0 Å². The summed E-state index contributed by atoms with van der Waals surface area (Å²) in [5, 5.41) is 1.33. The fourth-order valence-electron chi connectivity index (χ4n) is 7.68. The van der Waals surface area contributed by atoms with E-state index in [1.165, 1.54) is 59.6 Å². The molecular weight excluding hydrogens is 642 g/mol. The van der Waals surface area contributed by atoms with Crippen LogP contribution in [0, 0.1) is 0 Å². The second-order valence-electron chi connectivity index (χ2n) is 12.1. The summed E-state index contributed by atoms with van der Waals surface area (Å²) in [6.07, 6.45) is 6.78. The van der Waals surface area contributed by atoms with Gasteiger partial charge in [0.2, 0.25) is 0 Å². The summed E-state index contributed by atoms with van der Waals surface area (Å²) in [6.45, 7) is 0. The zero-order chi connectivity index (χ0) is 30.7. The molecular formula is C43H30BrNS. The molecule has 0 fully saturated rings. The monoisotopic (exact) mass is 671 g/mol. The third kappa shape index (κ3) is 4.12. The van der Waals surface area contributed by atoms with Gasteiger partial charge in [0.1, 0.15) is 0 Å². The first kappa shape index (κ1) is 27.6. The molecule has 1 aromatic heterocycles. The Morgan fingerprint density at radius 2 is 1.35 bits per heavy atom. The van der Waals surface area contributed by atoms with Gasteiger partial charge in [-0.15, -0.1) is 11.3 Å². The minimum Gasteiger partial charge on any atom is -0.310 e. The number of halogens is 1. The smallest absolute Gasteiger partial charge is 0.0808 e. The van der Waals surface area contributed by atoms with E-state index in [4.69, 9.17) is 0 Å². The molecule has 1 nitrogen and oxygen atoms in total. The van der Waals surface area contributed by atoms with Crippen LogP contribution < -0.4 is 4.90 Å². The van der Waals surface area contributed by atoms with Crippen molar-refractivity contribution < 1.29 is 0 Å². The van der Waals surface area contributed by atoms with Crippen LogP contribution in [0.1, 0.15) is 39.1 Å². The molecule has 220 valence electrons. The van der Waals surface area contributed by atoms with Gasteiger partial charge in [0, 0.05) is 41.9 Å². The number of rotatable bonds is 5. The van der Waals surface area contributed by atoms with Crippen molar-refractivity contribution in [1.82, 2.24) is 0 Å². The van der Waals surface area contributed by atoms with Crippen LogP contribution >= 0.6 is 27.3 Å². The number of hydrogen-bond donors (Lipinski definition) is 0. The van der Waals surface area contributed by atoms with Crippen LogP contribution in [-0.4, -0.2) is 0 Å². The topological polar surface area (TPSA) is 3.24 Å². The summed E-state index contributed by atoms with van der Waals surface area (Å²) in [4.78, 5) is 3.85. The van der Waals surface area contributed by atoms with Crippen molar-refractivity contribution >= 4 is 60.5 Å². The maximum Gasteiger partial charge on any atom is 0.0808 e. The molecule has 0 radical (unpaired) electrons. The predicted molar refractivity (Wildman–Crippen MR) is 199 cm³/mol. The zero-order valence-electron chi connectivity index (χ0n) is 25.2. The van der Waals surface area contributed by atoms with Gasteiger partial charge in [-0.1, -0.05) is 125 Å². The van der Waals surface area contributed by atoms with E-state index in [1.807, 2.05) is 11.3 Å². The largest absolute Gasteiger partial charge is 0.310 e. The summed E-state index contributed by atoms with van der Waals surface area (Å²) in [6, 6.07) is 53.8. The summed E-state index contributed by atoms with van der Waals surface area (Å²) in [5.41, 5.74) is 12.4. The normalized spacial score (nSPS) is 14.1. The fraction of sp³-hybridized carbons (Fsp3) is 0.0698. The van der Waals surface area contributed by atoms with Crippen molar-refractivity contribution in [2.45, 2.75) is 18.3 Å². The van der Waals surface area contributed by atoms with Crippen LogP contribution in [0.4, 0.5) is 17.1 Å². The maximum atomic E-state index is 3.68. The Balaban J connectivity index is 1.37. The summed E-state index contributed by atoms with van der Waals surface area (Å²) in [5.74, 6) is 0. The Morgan fingerprint density at radius 3 is 2.11 bits per heavy atom. The number of nitrogens with zero attached hydrogens (tertiary/aromatic N) is 1. The van der Waals surface area contributed by atoms with Crippen molar-refractivity contribution in [1.29, 1.82) is 0 Å². The quantitative estimate of drug-likeness (QED) is 0.176. The van der Waals surface area contributed by atoms with E-state index in [0.717, 1.165) is 28.7 Å². The number of hydrogen-bond acceptors (Lipinski definition) is 2. The number of anilines is 3. The molecule has 1 heterocycles. The molecule has 0 saturated carbocycles. The first-order valence-electron chi connectivity index (χ1n) is 15.9.